The van der Waals surface area contributed by atoms with Crippen molar-refractivity contribution < 1.29 is 23.0 Å². The highest BCUT2D eigenvalue weighted by molar-refractivity contribution is 5.75. The van der Waals surface area contributed by atoms with Crippen LogP contribution in [0.4, 0.5) is 19.3 Å². The molecule has 2 N–H and O–H groups in total. The predicted octanol–water partition coefficient (Wildman–Crippen LogP) is 4.20. The number of amides is 1. The van der Waals surface area contributed by atoms with Crippen LogP contribution in [-0.2, 0) is 6.54 Å². The minimum Gasteiger partial charge on any atom is -0.434 e. The molecule has 2 heterocycles. The van der Waals surface area contributed by atoms with E-state index in [-0.39, 0.29) is 35.2 Å². The lowest BCUT2D eigenvalue weighted by molar-refractivity contribution is 0.114. The summed E-state index contributed by atoms with van der Waals surface area (Å²) in [6.07, 6.45) is 0.652. The third kappa shape index (κ3) is 3.42. The van der Waals surface area contributed by atoms with Gasteiger partial charge in [-0.25, -0.2) is 9.18 Å². The highest BCUT2D eigenvalue weighted by atomic mass is 19.1. The molecule has 29 heavy (non-hydrogen) atoms. The molecule has 1 aromatic heterocycles. The Morgan fingerprint density at radius 2 is 2.00 bits per heavy atom. The van der Waals surface area contributed by atoms with Gasteiger partial charge in [-0.05, 0) is 31.2 Å². The summed E-state index contributed by atoms with van der Waals surface area (Å²) in [5.74, 6) is -1.71. The van der Waals surface area contributed by atoms with E-state index < -0.39 is 23.8 Å². The number of carbonyl (C=O) groups excluding carboxylic acids is 1. The van der Waals surface area contributed by atoms with E-state index in [4.69, 9.17) is 15.2 Å². The van der Waals surface area contributed by atoms with Crippen LogP contribution in [0.25, 0.3) is 0 Å². The van der Waals surface area contributed by atoms with Crippen molar-refractivity contribution in [2.24, 2.45) is 0 Å². The zero-order valence-corrected chi connectivity index (χ0v) is 15.3. The van der Waals surface area contributed by atoms with E-state index >= 15 is 0 Å². The van der Waals surface area contributed by atoms with Gasteiger partial charge in [-0.3, -0.25) is 4.90 Å². The standard InChI is InChI=1S/C20H16F2N4O3/c1-11-13-7-8-15(28-16-6-3-9-24-25-16)18(22)19(13)29-20(27)26(11)10-12-4-2-5-14(23)17(12)21/h2-9,11H,10,23H2,1H3. The van der Waals surface area contributed by atoms with Crippen molar-refractivity contribution in [1.82, 2.24) is 15.1 Å². The SMILES string of the molecule is CC1c2ccc(Oc3cccnn3)c(F)c2OC(=O)N1Cc1cccc(N)c1F. The van der Waals surface area contributed by atoms with E-state index in [9.17, 15) is 13.6 Å². The molecule has 1 aliphatic heterocycles. The van der Waals surface area contributed by atoms with Gasteiger partial charge in [0.05, 0.1) is 18.3 Å². The molecule has 0 spiro atoms. The van der Waals surface area contributed by atoms with Crippen molar-refractivity contribution in [3.05, 3.63) is 71.4 Å². The fraction of sp³-hybridized carbons (Fsp3) is 0.150. The van der Waals surface area contributed by atoms with Crippen molar-refractivity contribution in [3.63, 3.8) is 0 Å². The Bertz CT molecular complexity index is 1080. The molecule has 0 bridgehead atoms. The lowest BCUT2D eigenvalue weighted by atomic mass is 10.0. The maximum absolute atomic E-state index is 14.9. The van der Waals surface area contributed by atoms with E-state index in [1.54, 1.807) is 25.1 Å². The third-order valence-corrected chi connectivity index (χ3v) is 4.65. The van der Waals surface area contributed by atoms with Gasteiger partial charge in [0, 0.05) is 23.4 Å². The molecule has 9 heteroatoms. The second-order valence-electron chi connectivity index (χ2n) is 6.45. The van der Waals surface area contributed by atoms with Crippen molar-refractivity contribution in [2.75, 3.05) is 5.73 Å². The van der Waals surface area contributed by atoms with E-state index in [0.29, 0.717) is 5.56 Å². The fourth-order valence-corrected chi connectivity index (χ4v) is 3.10. The molecule has 1 atom stereocenters. The molecule has 1 amide bonds. The van der Waals surface area contributed by atoms with Gasteiger partial charge in [0.15, 0.2) is 17.3 Å². The first-order valence-electron chi connectivity index (χ1n) is 8.75. The highest BCUT2D eigenvalue weighted by Crippen LogP contribution is 2.41. The van der Waals surface area contributed by atoms with E-state index in [1.807, 2.05) is 0 Å². The highest BCUT2D eigenvalue weighted by Gasteiger charge is 2.35. The monoisotopic (exact) mass is 398 g/mol. The first-order valence-corrected chi connectivity index (χ1v) is 8.75. The maximum Gasteiger partial charge on any atom is 0.416 e. The van der Waals surface area contributed by atoms with Gasteiger partial charge in [-0.1, -0.05) is 12.1 Å². The lowest BCUT2D eigenvalue weighted by Crippen LogP contribution is -2.39. The Balaban J connectivity index is 1.63. The number of benzene rings is 2. The maximum atomic E-state index is 14.9. The topological polar surface area (TPSA) is 90.6 Å². The molecule has 3 aromatic rings. The molecular formula is C20H16F2N4O3. The van der Waals surface area contributed by atoms with Crippen LogP contribution in [0.2, 0.25) is 0 Å². The number of hydrogen-bond acceptors (Lipinski definition) is 6. The molecule has 0 aliphatic carbocycles. The minimum atomic E-state index is -0.830. The average molecular weight is 398 g/mol. The lowest BCUT2D eigenvalue weighted by Gasteiger charge is -2.34. The molecule has 7 nitrogen and oxygen atoms in total. The number of halogens is 2. The van der Waals surface area contributed by atoms with Gasteiger partial charge in [0.2, 0.25) is 11.7 Å². The number of aromatic nitrogens is 2. The number of anilines is 1. The van der Waals surface area contributed by atoms with Crippen molar-refractivity contribution in [2.45, 2.75) is 19.5 Å². The summed E-state index contributed by atoms with van der Waals surface area (Å²) in [4.78, 5) is 13.8. The second kappa shape index (κ2) is 7.34. The van der Waals surface area contributed by atoms with Crippen LogP contribution in [0.5, 0.6) is 17.4 Å². The molecule has 0 saturated carbocycles. The molecule has 0 saturated heterocycles. The van der Waals surface area contributed by atoms with Gasteiger partial charge >= 0.3 is 6.09 Å². The van der Waals surface area contributed by atoms with Crippen molar-refractivity contribution >= 4 is 11.8 Å². The molecule has 0 fully saturated rings. The van der Waals surface area contributed by atoms with E-state index in [1.165, 1.54) is 35.4 Å². The number of hydrogen-bond donors (Lipinski definition) is 1. The number of nitrogens with zero attached hydrogens (tertiary/aromatic N) is 3. The van der Waals surface area contributed by atoms with Crippen molar-refractivity contribution in [1.29, 1.82) is 0 Å². The van der Waals surface area contributed by atoms with Crippen LogP contribution >= 0.6 is 0 Å². The smallest absolute Gasteiger partial charge is 0.416 e. The quantitative estimate of drug-likeness (QED) is 0.662. The number of nitrogens with two attached hydrogens (primary N) is 1. The van der Waals surface area contributed by atoms with Gasteiger partial charge < -0.3 is 15.2 Å². The summed E-state index contributed by atoms with van der Waals surface area (Å²) < 4.78 is 39.7. The van der Waals surface area contributed by atoms with Crippen LogP contribution in [-0.4, -0.2) is 21.2 Å². The summed E-state index contributed by atoms with van der Waals surface area (Å²) >= 11 is 0. The van der Waals surface area contributed by atoms with Gasteiger partial charge in [0.1, 0.15) is 0 Å². The van der Waals surface area contributed by atoms with Gasteiger partial charge in [0.25, 0.3) is 0 Å². The Morgan fingerprint density at radius 1 is 1.17 bits per heavy atom. The molecule has 2 aromatic carbocycles. The first-order chi connectivity index (χ1) is 14.0. The van der Waals surface area contributed by atoms with E-state index in [0.717, 1.165) is 0 Å². The average Bonchev–Trinajstić information content (AvgIpc) is 2.71. The molecule has 4 rings (SSSR count). The number of rotatable bonds is 4. The van der Waals surface area contributed by atoms with E-state index in [2.05, 4.69) is 10.2 Å². The van der Waals surface area contributed by atoms with Gasteiger partial charge in [-0.2, -0.15) is 9.49 Å². The number of nitrogen functional groups attached to an aromatic ring is 1. The predicted molar refractivity (Wildman–Crippen MR) is 99.3 cm³/mol. The Labute approximate surface area is 164 Å². The number of ether oxygens (including phenoxy) is 2. The third-order valence-electron chi connectivity index (χ3n) is 4.65. The van der Waals surface area contributed by atoms with Crippen molar-refractivity contribution in [3.8, 4) is 17.4 Å². The first kappa shape index (κ1) is 18.6. The van der Waals surface area contributed by atoms with Crippen LogP contribution in [0.1, 0.15) is 24.1 Å². The second-order valence-corrected chi connectivity index (χ2v) is 6.45. The largest absolute Gasteiger partial charge is 0.434 e. The molecule has 148 valence electrons. The van der Waals surface area contributed by atoms with Crippen LogP contribution in [0.15, 0.2) is 48.7 Å². The molecule has 0 radical (unpaired) electrons. The zero-order chi connectivity index (χ0) is 20.5. The summed E-state index contributed by atoms with van der Waals surface area (Å²) in [7, 11) is 0. The van der Waals surface area contributed by atoms with Crippen LogP contribution in [0, 0.1) is 11.6 Å². The fourth-order valence-electron chi connectivity index (χ4n) is 3.10. The normalized spacial score (nSPS) is 15.6. The number of carbonyl (C=O) groups is 1. The molecule has 1 unspecified atom stereocenters. The minimum absolute atomic E-state index is 0.0159. The Kier molecular flexibility index (Phi) is 4.71. The summed E-state index contributed by atoms with van der Waals surface area (Å²) in [5, 5.41) is 7.39. The molecule has 1 aliphatic rings. The van der Waals surface area contributed by atoms with Crippen LogP contribution in [0.3, 0.4) is 0 Å². The summed E-state index contributed by atoms with van der Waals surface area (Å²) in [6, 6.07) is 10.1. The van der Waals surface area contributed by atoms with Gasteiger partial charge in [-0.15, -0.1) is 5.10 Å². The molecular weight excluding hydrogens is 382 g/mol. The Hall–Kier alpha value is -3.75. The Morgan fingerprint density at radius 3 is 2.76 bits per heavy atom. The van der Waals surface area contributed by atoms with Crippen LogP contribution < -0.4 is 15.2 Å². The number of fused-ring (bicyclic) bond motifs is 1. The summed E-state index contributed by atoms with van der Waals surface area (Å²) in [6.45, 7) is 1.63. The summed E-state index contributed by atoms with van der Waals surface area (Å²) in [5.41, 5.74) is 6.24. The zero-order valence-electron chi connectivity index (χ0n) is 15.3.